The van der Waals surface area contributed by atoms with Gasteiger partial charge in [0, 0.05) is 22.5 Å². The standard InChI is InChI=1S/C15H19NS/c1-2-17-15-9-4-3-8-13(15)16-14-10-11-6-5-7-12(11)14/h3-5,7-9,11-12,14,16H,2,6,10H2,1H3. The van der Waals surface area contributed by atoms with E-state index in [1.165, 1.54) is 23.4 Å². The summed E-state index contributed by atoms with van der Waals surface area (Å²) in [7, 11) is 0. The zero-order valence-electron chi connectivity index (χ0n) is 10.2. The highest BCUT2D eigenvalue weighted by atomic mass is 32.2. The molecule has 0 aliphatic heterocycles. The highest BCUT2D eigenvalue weighted by Gasteiger charge is 2.40. The summed E-state index contributed by atoms with van der Waals surface area (Å²) in [5, 5.41) is 3.73. The van der Waals surface area contributed by atoms with Crippen molar-refractivity contribution >= 4 is 17.4 Å². The van der Waals surface area contributed by atoms with E-state index in [9.17, 15) is 0 Å². The molecule has 2 aliphatic carbocycles. The zero-order valence-corrected chi connectivity index (χ0v) is 11.0. The normalized spacial score (nSPS) is 29.8. The van der Waals surface area contributed by atoms with Gasteiger partial charge in [-0.25, -0.2) is 0 Å². The first-order valence-electron chi connectivity index (χ1n) is 6.53. The van der Waals surface area contributed by atoms with Crippen LogP contribution in [-0.2, 0) is 0 Å². The Bertz CT molecular complexity index is 427. The average Bonchev–Trinajstić information content (AvgIpc) is 2.70. The summed E-state index contributed by atoms with van der Waals surface area (Å²) in [6.45, 7) is 2.21. The first kappa shape index (κ1) is 11.2. The molecule has 0 aromatic heterocycles. The van der Waals surface area contributed by atoms with Gasteiger partial charge in [-0.15, -0.1) is 11.8 Å². The molecular formula is C15H19NS. The summed E-state index contributed by atoms with van der Waals surface area (Å²) in [6, 6.07) is 9.35. The Morgan fingerprint density at radius 2 is 2.24 bits per heavy atom. The largest absolute Gasteiger partial charge is 0.381 e. The minimum absolute atomic E-state index is 0.664. The van der Waals surface area contributed by atoms with E-state index in [1.807, 2.05) is 11.8 Å². The second kappa shape index (κ2) is 4.77. The van der Waals surface area contributed by atoms with Crippen molar-refractivity contribution in [1.29, 1.82) is 0 Å². The number of thioether (sulfide) groups is 1. The molecule has 90 valence electrons. The number of nitrogens with one attached hydrogen (secondary N) is 1. The van der Waals surface area contributed by atoms with Gasteiger partial charge in [0.15, 0.2) is 0 Å². The SMILES string of the molecule is CCSc1ccccc1NC1CC2CC=CC21. The van der Waals surface area contributed by atoms with Crippen LogP contribution < -0.4 is 5.32 Å². The van der Waals surface area contributed by atoms with Crippen molar-refractivity contribution in [1.82, 2.24) is 0 Å². The number of benzene rings is 1. The van der Waals surface area contributed by atoms with E-state index in [0.29, 0.717) is 6.04 Å². The van der Waals surface area contributed by atoms with Gasteiger partial charge in [0.25, 0.3) is 0 Å². The van der Waals surface area contributed by atoms with E-state index < -0.39 is 0 Å². The molecule has 0 saturated heterocycles. The van der Waals surface area contributed by atoms with Gasteiger partial charge in [-0.2, -0.15) is 0 Å². The maximum atomic E-state index is 3.73. The fourth-order valence-electron chi connectivity index (χ4n) is 2.95. The van der Waals surface area contributed by atoms with Crippen LogP contribution in [0, 0.1) is 11.8 Å². The van der Waals surface area contributed by atoms with Gasteiger partial charge in [0.05, 0.1) is 0 Å². The summed E-state index contributed by atoms with van der Waals surface area (Å²) in [6.07, 6.45) is 7.39. The Kier molecular flexibility index (Phi) is 3.15. The fraction of sp³-hybridized carbons (Fsp3) is 0.467. The summed E-state index contributed by atoms with van der Waals surface area (Å²) in [5.41, 5.74) is 1.32. The Morgan fingerprint density at radius 1 is 1.35 bits per heavy atom. The second-order valence-corrected chi connectivity index (χ2v) is 6.22. The number of hydrogen-bond acceptors (Lipinski definition) is 2. The molecule has 1 nitrogen and oxygen atoms in total. The molecule has 0 spiro atoms. The van der Waals surface area contributed by atoms with E-state index in [2.05, 4.69) is 48.7 Å². The van der Waals surface area contributed by atoms with E-state index in [4.69, 9.17) is 0 Å². The molecule has 3 atom stereocenters. The number of hydrogen-bond donors (Lipinski definition) is 1. The Hall–Kier alpha value is -0.890. The molecule has 1 N–H and O–H groups in total. The smallest absolute Gasteiger partial charge is 0.0480 e. The van der Waals surface area contributed by atoms with Crippen molar-refractivity contribution in [3.63, 3.8) is 0 Å². The molecule has 1 fully saturated rings. The van der Waals surface area contributed by atoms with Crippen LogP contribution in [0.4, 0.5) is 5.69 Å². The van der Waals surface area contributed by atoms with Crippen LogP contribution >= 0.6 is 11.8 Å². The molecule has 3 unspecified atom stereocenters. The van der Waals surface area contributed by atoms with Crippen molar-refractivity contribution in [3.05, 3.63) is 36.4 Å². The summed E-state index contributed by atoms with van der Waals surface area (Å²) >= 11 is 1.92. The van der Waals surface area contributed by atoms with Crippen LogP contribution in [0.15, 0.2) is 41.3 Å². The van der Waals surface area contributed by atoms with E-state index >= 15 is 0 Å². The van der Waals surface area contributed by atoms with Gasteiger partial charge < -0.3 is 5.32 Å². The lowest BCUT2D eigenvalue weighted by atomic mass is 9.71. The van der Waals surface area contributed by atoms with Crippen molar-refractivity contribution in [2.75, 3.05) is 11.1 Å². The summed E-state index contributed by atoms with van der Waals surface area (Å²) in [4.78, 5) is 1.39. The van der Waals surface area contributed by atoms with Gasteiger partial charge in [-0.1, -0.05) is 31.2 Å². The molecule has 1 aromatic rings. The highest BCUT2D eigenvalue weighted by Crippen LogP contribution is 2.44. The third-order valence-electron chi connectivity index (χ3n) is 3.89. The average molecular weight is 245 g/mol. The predicted molar refractivity (Wildman–Crippen MR) is 75.6 cm³/mol. The number of para-hydroxylation sites is 1. The number of fused-ring (bicyclic) bond motifs is 1. The van der Waals surface area contributed by atoms with E-state index in [0.717, 1.165) is 17.6 Å². The Labute approximate surface area is 108 Å². The predicted octanol–water partition coefficient (Wildman–Crippen LogP) is 4.18. The van der Waals surface area contributed by atoms with Crippen LogP contribution in [0.1, 0.15) is 19.8 Å². The number of anilines is 1. The molecule has 0 bridgehead atoms. The van der Waals surface area contributed by atoms with Crippen molar-refractivity contribution in [2.45, 2.75) is 30.7 Å². The van der Waals surface area contributed by atoms with Crippen molar-refractivity contribution in [3.8, 4) is 0 Å². The van der Waals surface area contributed by atoms with Crippen LogP contribution in [0.25, 0.3) is 0 Å². The molecule has 0 heterocycles. The quantitative estimate of drug-likeness (QED) is 0.631. The van der Waals surface area contributed by atoms with Crippen LogP contribution in [0.3, 0.4) is 0 Å². The fourth-order valence-corrected chi connectivity index (χ4v) is 3.72. The molecule has 0 amide bonds. The molecule has 3 rings (SSSR count). The lowest BCUT2D eigenvalue weighted by Crippen LogP contribution is -2.43. The summed E-state index contributed by atoms with van der Waals surface area (Å²) in [5.74, 6) is 2.85. The van der Waals surface area contributed by atoms with Gasteiger partial charge in [0.1, 0.15) is 0 Å². The molecule has 1 aromatic carbocycles. The minimum atomic E-state index is 0.664. The molecule has 17 heavy (non-hydrogen) atoms. The van der Waals surface area contributed by atoms with Gasteiger partial charge in [0.2, 0.25) is 0 Å². The van der Waals surface area contributed by atoms with E-state index in [-0.39, 0.29) is 0 Å². The maximum absolute atomic E-state index is 3.73. The lowest BCUT2D eigenvalue weighted by Gasteiger charge is -2.41. The van der Waals surface area contributed by atoms with Crippen LogP contribution in [0.2, 0.25) is 0 Å². The molecule has 1 saturated carbocycles. The molecule has 0 radical (unpaired) electrons. The first-order valence-corrected chi connectivity index (χ1v) is 7.52. The molecular weight excluding hydrogens is 226 g/mol. The summed E-state index contributed by atoms with van der Waals surface area (Å²) < 4.78 is 0. The van der Waals surface area contributed by atoms with Crippen molar-refractivity contribution in [2.24, 2.45) is 11.8 Å². The maximum Gasteiger partial charge on any atom is 0.0480 e. The monoisotopic (exact) mass is 245 g/mol. The third kappa shape index (κ3) is 2.11. The highest BCUT2D eigenvalue weighted by molar-refractivity contribution is 7.99. The Balaban J connectivity index is 1.70. The second-order valence-electron chi connectivity index (χ2n) is 4.92. The molecule has 2 aliphatic rings. The zero-order chi connectivity index (χ0) is 11.7. The lowest BCUT2D eigenvalue weighted by molar-refractivity contribution is 0.217. The number of allylic oxidation sites excluding steroid dienone is 1. The Morgan fingerprint density at radius 3 is 3.06 bits per heavy atom. The van der Waals surface area contributed by atoms with Gasteiger partial charge in [-0.3, -0.25) is 0 Å². The van der Waals surface area contributed by atoms with Gasteiger partial charge >= 0.3 is 0 Å². The first-order chi connectivity index (χ1) is 8.38. The van der Waals surface area contributed by atoms with Crippen molar-refractivity contribution < 1.29 is 0 Å². The molecule has 2 heteroatoms. The van der Waals surface area contributed by atoms with Crippen LogP contribution in [0.5, 0.6) is 0 Å². The number of rotatable bonds is 4. The topological polar surface area (TPSA) is 12.0 Å². The minimum Gasteiger partial charge on any atom is -0.381 e. The van der Waals surface area contributed by atoms with E-state index in [1.54, 1.807) is 0 Å². The van der Waals surface area contributed by atoms with Gasteiger partial charge in [-0.05, 0) is 36.6 Å². The third-order valence-corrected chi connectivity index (χ3v) is 4.85. The van der Waals surface area contributed by atoms with Crippen LogP contribution in [-0.4, -0.2) is 11.8 Å².